The number of hydrogen-bond donors (Lipinski definition) is 0. The van der Waals surface area contributed by atoms with Gasteiger partial charge in [0, 0.05) is 16.7 Å². The molecule has 0 bridgehead atoms. The molecule has 3 heteroatoms. The van der Waals surface area contributed by atoms with Crippen LogP contribution in [0.5, 0.6) is 5.75 Å². The zero-order valence-corrected chi connectivity index (χ0v) is 23.0. The highest BCUT2D eigenvalue weighted by molar-refractivity contribution is 5.82. The van der Waals surface area contributed by atoms with Crippen molar-refractivity contribution in [3.8, 4) is 34.0 Å². The summed E-state index contributed by atoms with van der Waals surface area (Å²) in [6.45, 7) is 11.4. The van der Waals surface area contributed by atoms with Crippen LogP contribution in [0.1, 0.15) is 56.2 Å². The van der Waals surface area contributed by atoms with Crippen LogP contribution < -0.4 is 9.30 Å². The molecule has 0 unspecified atom stereocenters. The fraction of sp³-hybridized carbons (Fsp3) is 0.265. The second kappa shape index (κ2) is 9.89. The van der Waals surface area contributed by atoms with E-state index < -0.39 is 0 Å². The Morgan fingerprint density at radius 1 is 0.730 bits per heavy atom. The molecule has 1 heterocycles. The topological polar surface area (TPSA) is 18.0 Å². The summed E-state index contributed by atoms with van der Waals surface area (Å²) >= 11 is 0. The first kappa shape index (κ1) is 24.8. The summed E-state index contributed by atoms with van der Waals surface area (Å²) in [7, 11) is 3.92. The maximum Gasteiger partial charge on any atom is 0.295 e. The Hall–Kier alpha value is -3.85. The Morgan fingerprint density at radius 2 is 1.35 bits per heavy atom. The van der Waals surface area contributed by atoms with Gasteiger partial charge in [0.2, 0.25) is 0 Å². The normalized spacial score (nSPS) is 11.6. The lowest BCUT2D eigenvalue weighted by molar-refractivity contribution is -0.633. The van der Waals surface area contributed by atoms with Gasteiger partial charge in [-0.25, -0.2) is 4.57 Å². The standard InChI is InChI=1S/C34H37N2O/c1-22(2)28-20-26(25-14-9-8-10-15-25)21-29(23(3)4)33(28)36-31-18-12-11-17-30(31)35(6)34(36)27-16-13-19-32(37-7)24(27)5/h8-23H,1-7H3/q+1. The monoisotopic (exact) mass is 489 g/mol. The van der Waals surface area contributed by atoms with E-state index in [0.717, 1.165) is 17.1 Å². The summed E-state index contributed by atoms with van der Waals surface area (Å²) in [4.78, 5) is 0. The van der Waals surface area contributed by atoms with Crippen molar-refractivity contribution in [2.75, 3.05) is 7.11 Å². The molecule has 0 N–H and O–H groups in total. The largest absolute Gasteiger partial charge is 0.496 e. The van der Waals surface area contributed by atoms with E-state index in [1.807, 2.05) is 6.07 Å². The first-order valence-electron chi connectivity index (χ1n) is 13.2. The van der Waals surface area contributed by atoms with Crippen LogP contribution in [0, 0.1) is 6.92 Å². The molecule has 0 spiro atoms. The van der Waals surface area contributed by atoms with Crippen LogP contribution in [0.4, 0.5) is 0 Å². The smallest absolute Gasteiger partial charge is 0.295 e. The summed E-state index contributed by atoms with van der Waals surface area (Å²) in [5, 5.41) is 0. The van der Waals surface area contributed by atoms with E-state index in [9.17, 15) is 0 Å². The summed E-state index contributed by atoms with van der Waals surface area (Å²) in [6.07, 6.45) is 0. The quantitative estimate of drug-likeness (QED) is 0.219. The van der Waals surface area contributed by atoms with Crippen molar-refractivity contribution in [1.29, 1.82) is 0 Å². The molecular formula is C34H37N2O+. The number of para-hydroxylation sites is 2. The van der Waals surface area contributed by atoms with Crippen molar-refractivity contribution < 1.29 is 9.30 Å². The summed E-state index contributed by atoms with van der Waals surface area (Å²) < 4.78 is 10.6. The number of aromatic nitrogens is 2. The van der Waals surface area contributed by atoms with Crippen LogP contribution >= 0.6 is 0 Å². The summed E-state index contributed by atoms with van der Waals surface area (Å²) in [6, 6.07) is 30.6. The molecule has 5 rings (SSSR count). The minimum absolute atomic E-state index is 0.349. The molecule has 37 heavy (non-hydrogen) atoms. The van der Waals surface area contributed by atoms with Crippen LogP contribution in [0.3, 0.4) is 0 Å². The Morgan fingerprint density at radius 3 is 1.97 bits per heavy atom. The number of methoxy groups -OCH3 is 1. The number of rotatable bonds is 6. The highest BCUT2D eigenvalue weighted by atomic mass is 16.5. The summed E-state index contributed by atoms with van der Waals surface area (Å²) in [5.41, 5.74) is 11.3. The van der Waals surface area contributed by atoms with Gasteiger partial charge >= 0.3 is 0 Å². The molecule has 0 radical (unpaired) electrons. The average Bonchev–Trinajstić information content (AvgIpc) is 3.20. The van der Waals surface area contributed by atoms with Crippen molar-refractivity contribution in [2.24, 2.45) is 7.05 Å². The molecule has 0 saturated carbocycles. The first-order valence-corrected chi connectivity index (χ1v) is 13.2. The minimum atomic E-state index is 0.349. The van der Waals surface area contributed by atoms with Gasteiger partial charge in [0.05, 0.1) is 19.7 Å². The molecular weight excluding hydrogens is 452 g/mol. The van der Waals surface area contributed by atoms with Gasteiger partial charge in [0.25, 0.3) is 5.82 Å². The SMILES string of the molecule is COc1cccc(-c2n(-c3c(C(C)C)cc(-c4ccccc4)cc3C(C)C)c3ccccc3[n+]2C)c1C. The van der Waals surface area contributed by atoms with E-state index >= 15 is 0 Å². The van der Waals surface area contributed by atoms with Gasteiger partial charge < -0.3 is 4.74 Å². The molecule has 0 aliphatic carbocycles. The minimum Gasteiger partial charge on any atom is -0.496 e. The van der Waals surface area contributed by atoms with Crippen molar-refractivity contribution in [2.45, 2.75) is 46.5 Å². The van der Waals surface area contributed by atoms with Gasteiger partial charge in [-0.05, 0) is 66.3 Å². The lowest BCUT2D eigenvalue weighted by Crippen LogP contribution is -2.30. The van der Waals surface area contributed by atoms with Crippen molar-refractivity contribution in [3.05, 3.63) is 102 Å². The third-order valence-electron chi connectivity index (χ3n) is 7.50. The van der Waals surface area contributed by atoms with Gasteiger partial charge in [0.1, 0.15) is 11.4 Å². The Kier molecular flexibility index (Phi) is 6.64. The zero-order valence-electron chi connectivity index (χ0n) is 23.0. The maximum atomic E-state index is 5.74. The predicted molar refractivity (Wildman–Crippen MR) is 155 cm³/mol. The van der Waals surface area contributed by atoms with Crippen LogP contribution in [0.2, 0.25) is 0 Å². The van der Waals surface area contributed by atoms with Crippen LogP contribution in [-0.4, -0.2) is 11.7 Å². The second-order valence-electron chi connectivity index (χ2n) is 10.5. The lowest BCUT2D eigenvalue weighted by Gasteiger charge is -2.21. The van der Waals surface area contributed by atoms with Crippen molar-refractivity contribution in [3.63, 3.8) is 0 Å². The first-order chi connectivity index (χ1) is 17.8. The van der Waals surface area contributed by atoms with E-state index in [1.165, 1.54) is 44.5 Å². The van der Waals surface area contributed by atoms with E-state index in [-0.39, 0.29) is 0 Å². The van der Waals surface area contributed by atoms with E-state index in [2.05, 4.69) is 130 Å². The Balaban J connectivity index is 1.94. The van der Waals surface area contributed by atoms with Crippen molar-refractivity contribution >= 4 is 11.0 Å². The molecule has 3 nitrogen and oxygen atoms in total. The zero-order chi connectivity index (χ0) is 26.3. The Labute approximate surface area is 221 Å². The molecule has 0 atom stereocenters. The highest BCUT2D eigenvalue weighted by Gasteiger charge is 2.32. The van der Waals surface area contributed by atoms with Crippen LogP contribution in [0.25, 0.3) is 39.2 Å². The number of imidazole rings is 1. The fourth-order valence-electron chi connectivity index (χ4n) is 5.54. The molecule has 0 fully saturated rings. The number of benzene rings is 4. The van der Waals surface area contributed by atoms with Gasteiger partial charge in [-0.3, -0.25) is 0 Å². The number of hydrogen-bond acceptors (Lipinski definition) is 1. The van der Waals surface area contributed by atoms with Gasteiger partial charge in [-0.2, -0.15) is 4.57 Å². The van der Waals surface area contributed by atoms with Gasteiger partial charge in [-0.15, -0.1) is 0 Å². The number of fused-ring (bicyclic) bond motifs is 1. The molecule has 0 saturated heterocycles. The average molecular weight is 490 g/mol. The second-order valence-corrected chi connectivity index (χ2v) is 10.5. The van der Waals surface area contributed by atoms with Gasteiger partial charge in [-0.1, -0.05) is 76.2 Å². The summed E-state index contributed by atoms with van der Waals surface area (Å²) in [5.74, 6) is 2.76. The fourth-order valence-corrected chi connectivity index (χ4v) is 5.54. The van der Waals surface area contributed by atoms with E-state index in [0.29, 0.717) is 11.8 Å². The van der Waals surface area contributed by atoms with Gasteiger partial charge in [0.15, 0.2) is 11.0 Å². The molecule has 188 valence electrons. The molecule has 0 aliphatic heterocycles. The molecule has 0 aliphatic rings. The van der Waals surface area contributed by atoms with Crippen LogP contribution in [0.15, 0.2) is 84.9 Å². The molecule has 4 aromatic carbocycles. The maximum absolute atomic E-state index is 5.74. The Bertz CT molecular complexity index is 1550. The van der Waals surface area contributed by atoms with E-state index in [1.54, 1.807) is 7.11 Å². The lowest BCUT2D eigenvalue weighted by atomic mass is 9.88. The number of ether oxygens (including phenoxy) is 1. The highest BCUT2D eigenvalue weighted by Crippen LogP contribution is 2.40. The molecule has 1 aromatic heterocycles. The van der Waals surface area contributed by atoms with Crippen LogP contribution in [-0.2, 0) is 7.05 Å². The van der Waals surface area contributed by atoms with E-state index in [4.69, 9.17) is 4.74 Å². The third kappa shape index (κ3) is 4.23. The molecule has 0 amide bonds. The number of nitrogens with zero attached hydrogens (tertiary/aromatic N) is 2. The van der Waals surface area contributed by atoms with Crippen molar-refractivity contribution in [1.82, 2.24) is 4.57 Å². The number of aryl methyl sites for hydroxylation is 1. The third-order valence-corrected chi connectivity index (χ3v) is 7.50. The molecule has 5 aromatic rings. The predicted octanol–water partition coefficient (Wildman–Crippen LogP) is 8.35.